The summed E-state index contributed by atoms with van der Waals surface area (Å²) in [5.41, 5.74) is -0.474. The van der Waals surface area contributed by atoms with Crippen LogP contribution in [-0.2, 0) is 66.4 Å². The zero-order valence-electron chi connectivity index (χ0n) is 38.3. The van der Waals surface area contributed by atoms with E-state index in [1.165, 1.54) is 83.5 Å². The second-order valence-electron chi connectivity index (χ2n) is 15.3. The average Bonchev–Trinajstić information content (AvgIpc) is 3.21. The molecule has 0 spiro atoms. The maximum atomic E-state index is 11.6. The predicted octanol–water partition coefficient (Wildman–Crippen LogP) is 7.40. The van der Waals surface area contributed by atoms with Crippen molar-refractivity contribution in [2.24, 2.45) is 0 Å². The highest BCUT2D eigenvalue weighted by Gasteiger charge is 2.15. The molecule has 0 radical (unpaired) electrons. The Labute approximate surface area is 359 Å². The fourth-order valence-corrected chi connectivity index (χ4v) is 5.47. The molecule has 0 fully saturated rings. The fraction of sp³-hybridized carbons (Fsp3) is 0.978. The molecular formula is C45H90O14. The predicted molar refractivity (Wildman–Crippen MR) is 231 cm³/mol. The summed E-state index contributed by atoms with van der Waals surface area (Å²) in [5, 5.41) is 0. The molecule has 354 valence electrons. The Kier molecular flexibility index (Phi) is 48.8. The van der Waals surface area contributed by atoms with Gasteiger partial charge in [0.2, 0.25) is 0 Å². The molecule has 0 aliphatic carbocycles. The lowest BCUT2D eigenvalue weighted by molar-refractivity contribution is -0.156. The first kappa shape index (κ1) is 58.0. The lowest BCUT2D eigenvalue weighted by atomic mass is 10.0. The van der Waals surface area contributed by atoms with Crippen molar-refractivity contribution < 1.29 is 66.4 Å². The molecular weight excluding hydrogens is 764 g/mol. The van der Waals surface area contributed by atoms with E-state index in [2.05, 4.69) is 6.92 Å². The van der Waals surface area contributed by atoms with Gasteiger partial charge in [0, 0.05) is 6.61 Å². The standard InChI is InChI=1S/C45H90O14/c1-5-6-7-8-9-10-11-12-13-14-15-16-17-18-20-47-22-24-49-26-28-51-30-32-53-34-36-55-38-40-57-42-43-58-41-39-56-37-35-54-33-31-52-29-27-50-25-23-48-21-19-44(46)59-45(2,3)4/h5-43H2,1-4H3. The van der Waals surface area contributed by atoms with Crippen molar-refractivity contribution in [3.63, 3.8) is 0 Å². The van der Waals surface area contributed by atoms with Crippen molar-refractivity contribution in [3.05, 3.63) is 0 Å². The zero-order valence-corrected chi connectivity index (χ0v) is 38.3. The Morgan fingerprint density at radius 3 is 0.729 bits per heavy atom. The van der Waals surface area contributed by atoms with Gasteiger partial charge < -0.3 is 61.6 Å². The van der Waals surface area contributed by atoms with Crippen LogP contribution >= 0.6 is 0 Å². The molecule has 0 rings (SSSR count). The second kappa shape index (κ2) is 49.6. The van der Waals surface area contributed by atoms with Gasteiger partial charge in [0.1, 0.15) is 5.60 Å². The van der Waals surface area contributed by atoms with E-state index < -0.39 is 5.60 Å². The summed E-state index contributed by atoms with van der Waals surface area (Å²) in [4.78, 5) is 11.6. The van der Waals surface area contributed by atoms with Crippen LogP contribution in [0.15, 0.2) is 0 Å². The Balaban J connectivity index is 3.09. The lowest BCUT2D eigenvalue weighted by Gasteiger charge is -2.19. The monoisotopic (exact) mass is 855 g/mol. The van der Waals surface area contributed by atoms with Crippen LogP contribution in [0.1, 0.15) is 124 Å². The van der Waals surface area contributed by atoms with Gasteiger partial charge in [-0.2, -0.15) is 0 Å². The van der Waals surface area contributed by atoms with Gasteiger partial charge in [0.05, 0.1) is 158 Å². The van der Waals surface area contributed by atoms with Gasteiger partial charge in [-0.05, 0) is 27.2 Å². The van der Waals surface area contributed by atoms with Gasteiger partial charge >= 0.3 is 5.97 Å². The van der Waals surface area contributed by atoms with E-state index in [9.17, 15) is 4.79 Å². The molecule has 0 aromatic carbocycles. The zero-order chi connectivity index (χ0) is 42.8. The third-order valence-corrected chi connectivity index (χ3v) is 8.60. The number of unbranched alkanes of at least 4 members (excludes halogenated alkanes) is 13. The van der Waals surface area contributed by atoms with Gasteiger partial charge in [-0.25, -0.2) is 0 Å². The van der Waals surface area contributed by atoms with Crippen LogP contribution in [0.5, 0.6) is 0 Å². The minimum Gasteiger partial charge on any atom is -0.460 e. The average molecular weight is 855 g/mol. The molecule has 0 saturated heterocycles. The Morgan fingerprint density at radius 2 is 0.492 bits per heavy atom. The highest BCUT2D eigenvalue weighted by atomic mass is 16.6. The van der Waals surface area contributed by atoms with Crippen LogP contribution < -0.4 is 0 Å². The van der Waals surface area contributed by atoms with Crippen molar-refractivity contribution in [2.75, 3.05) is 159 Å². The van der Waals surface area contributed by atoms with Crippen LogP contribution in [0.4, 0.5) is 0 Å². The summed E-state index contributed by atoms with van der Waals surface area (Å²) >= 11 is 0. The van der Waals surface area contributed by atoms with Crippen LogP contribution in [0, 0.1) is 0 Å². The van der Waals surface area contributed by atoms with Crippen LogP contribution in [0.3, 0.4) is 0 Å². The van der Waals surface area contributed by atoms with Crippen molar-refractivity contribution in [2.45, 2.75) is 130 Å². The Hall–Kier alpha value is -1.01. The maximum absolute atomic E-state index is 11.6. The first-order chi connectivity index (χ1) is 29.0. The van der Waals surface area contributed by atoms with Gasteiger partial charge in [-0.1, -0.05) is 90.4 Å². The lowest BCUT2D eigenvalue weighted by Crippen LogP contribution is -2.24. The van der Waals surface area contributed by atoms with E-state index in [4.69, 9.17) is 61.6 Å². The fourth-order valence-electron chi connectivity index (χ4n) is 5.47. The minimum atomic E-state index is -0.474. The first-order valence-electron chi connectivity index (χ1n) is 23.1. The van der Waals surface area contributed by atoms with Crippen LogP contribution in [0.2, 0.25) is 0 Å². The van der Waals surface area contributed by atoms with E-state index in [-0.39, 0.29) is 12.4 Å². The summed E-state index contributed by atoms with van der Waals surface area (Å²) in [6, 6.07) is 0. The molecule has 0 aliphatic heterocycles. The third-order valence-electron chi connectivity index (χ3n) is 8.60. The van der Waals surface area contributed by atoms with Crippen molar-refractivity contribution in [1.29, 1.82) is 0 Å². The molecule has 0 bridgehead atoms. The molecule has 0 amide bonds. The van der Waals surface area contributed by atoms with Gasteiger partial charge in [0.25, 0.3) is 0 Å². The first-order valence-corrected chi connectivity index (χ1v) is 23.1. The number of ether oxygens (including phenoxy) is 13. The second-order valence-corrected chi connectivity index (χ2v) is 15.3. The highest BCUT2D eigenvalue weighted by molar-refractivity contribution is 5.69. The number of hydrogen-bond acceptors (Lipinski definition) is 14. The van der Waals surface area contributed by atoms with Gasteiger partial charge in [-0.15, -0.1) is 0 Å². The summed E-state index contributed by atoms with van der Waals surface area (Å²) in [5.74, 6) is -0.263. The largest absolute Gasteiger partial charge is 0.460 e. The van der Waals surface area contributed by atoms with Gasteiger partial charge in [-0.3, -0.25) is 4.79 Å². The van der Waals surface area contributed by atoms with Crippen LogP contribution in [0.25, 0.3) is 0 Å². The molecule has 0 saturated carbocycles. The summed E-state index contributed by atoms with van der Waals surface area (Å²) in [6.07, 6.45) is 19.4. The molecule has 59 heavy (non-hydrogen) atoms. The highest BCUT2D eigenvalue weighted by Crippen LogP contribution is 2.13. The van der Waals surface area contributed by atoms with E-state index >= 15 is 0 Å². The molecule has 14 nitrogen and oxygen atoms in total. The number of rotatable bonds is 51. The molecule has 0 N–H and O–H groups in total. The van der Waals surface area contributed by atoms with E-state index in [0.29, 0.717) is 152 Å². The Bertz CT molecular complexity index is 801. The minimum absolute atomic E-state index is 0.233. The summed E-state index contributed by atoms with van der Waals surface area (Å²) < 4.78 is 71.4. The number of carbonyl (C=O) groups is 1. The molecule has 0 heterocycles. The van der Waals surface area contributed by atoms with Gasteiger partial charge in [0.15, 0.2) is 0 Å². The number of esters is 1. The van der Waals surface area contributed by atoms with Crippen LogP contribution in [-0.4, -0.2) is 170 Å². The molecule has 0 atom stereocenters. The third kappa shape index (κ3) is 55.0. The quantitative estimate of drug-likeness (QED) is 0.0444. The Morgan fingerprint density at radius 1 is 0.288 bits per heavy atom. The molecule has 0 unspecified atom stereocenters. The van der Waals surface area contributed by atoms with E-state index in [1.807, 2.05) is 20.8 Å². The topological polar surface area (TPSA) is 137 Å². The molecule has 0 aliphatic rings. The van der Waals surface area contributed by atoms with E-state index in [1.54, 1.807) is 0 Å². The molecule has 0 aromatic heterocycles. The molecule has 0 aromatic rings. The number of carbonyl (C=O) groups excluding carboxylic acids is 1. The summed E-state index contributed by atoms with van der Waals surface area (Å²) in [7, 11) is 0. The van der Waals surface area contributed by atoms with Crippen molar-refractivity contribution >= 4 is 5.97 Å². The normalized spacial score (nSPS) is 11.9. The van der Waals surface area contributed by atoms with E-state index in [0.717, 1.165) is 13.0 Å². The van der Waals surface area contributed by atoms with Crippen molar-refractivity contribution in [3.8, 4) is 0 Å². The smallest absolute Gasteiger partial charge is 0.308 e. The maximum Gasteiger partial charge on any atom is 0.308 e. The van der Waals surface area contributed by atoms with Crippen molar-refractivity contribution in [1.82, 2.24) is 0 Å². The number of hydrogen-bond donors (Lipinski definition) is 0. The SMILES string of the molecule is CCCCCCCCCCCCCCCCOCCOCCOCCOCCOCCOCCOCCOCCOCCOCCOCCOCCC(=O)OC(C)(C)C. The summed E-state index contributed by atoms with van der Waals surface area (Å²) in [6.45, 7) is 20.2. The molecule has 14 heteroatoms.